The van der Waals surface area contributed by atoms with Gasteiger partial charge in [0.15, 0.2) is 5.13 Å². The van der Waals surface area contributed by atoms with Gasteiger partial charge in [0.1, 0.15) is 0 Å². The molecule has 0 aromatic carbocycles. The van der Waals surface area contributed by atoms with Gasteiger partial charge >= 0.3 is 6.03 Å². The van der Waals surface area contributed by atoms with Gasteiger partial charge in [0.05, 0.1) is 11.8 Å². The van der Waals surface area contributed by atoms with Crippen molar-refractivity contribution in [3.05, 3.63) is 10.6 Å². The van der Waals surface area contributed by atoms with Crippen molar-refractivity contribution in [3.8, 4) is 0 Å². The summed E-state index contributed by atoms with van der Waals surface area (Å²) in [6, 6.07) is -0.240. The third-order valence-corrected chi connectivity index (χ3v) is 5.13. The fraction of sp³-hybridized carbons (Fsp3) is 0.733. The fourth-order valence-corrected chi connectivity index (χ4v) is 3.30. The Kier molecular flexibility index (Phi) is 6.34. The number of aryl methyl sites for hydroxylation is 2. The summed E-state index contributed by atoms with van der Waals surface area (Å²) in [6.07, 6.45) is -0.547. The van der Waals surface area contributed by atoms with Gasteiger partial charge in [0, 0.05) is 51.2 Å². The zero-order chi connectivity index (χ0) is 17.0. The molecule has 0 bridgehead atoms. The number of aromatic nitrogens is 1. The number of hydrogen-bond donors (Lipinski definition) is 2. The number of β-amino-alcohol motifs (C(OH)–C–C–N with tert-alkyl or cyclic N) is 1. The van der Waals surface area contributed by atoms with Crippen molar-refractivity contribution >= 4 is 22.5 Å². The molecule has 2 rings (SSSR count). The van der Waals surface area contributed by atoms with Crippen molar-refractivity contribution in [2.75, 3.05) is 58.7 Å². The van der Waals surface area contributed by atoms with E-state index in [0.717, 1.165) is 36.8 Å². The van der Waals surface area contributed by atoms with Crippen LogP contribution in [0.1, 0.15) is 10.6 Å². The summed E-state index contributed by atoms with van der Waals surface area (Å²) in [6.45, 7) is 8.76. The largest absolute Gasteiger partial charge is 0.390 e. The minimum Gasteiger partial charge on any atom is -0.390 e. The molecular formula is C15H27N5O2S. The molecule has 1 aliphatic heterocycles. The number of aliphatic hydroxyl groups excluding tert-OH is 1. The number of amides is 2. The summed E-state index contributed by atoms with van der Waals surface area (Å²) in [5.74, 6) is 0. The van der Waals surface area contributed by atoms with E-state index in [1.54, 1.807) is 7.05 Å². The number of piperazine rings is 1. The molecule has 1 aromatic heterocycles. The van der Waals surface area contributed by atoms with Crippen molar-refractivity contribution in [2.45, 2.75) is 20.0 Å². The number of urea groups is 1. The number of anilines is 1. The lowest BCUT2D eigenvalue weighted by atomic mass is 10.2. The van der Waals surface area contributed by atoms with Crippen molar-refractivity contribution in [1.82, 2.24) is 19.7 Å². The van der Waals surface area contributed by atoms with Gasteiger partial charge in [-0.2, -0.15) is 0 Å². The molecule has 1 aromatic rings. The van der Waals surface area contributed by atoms with Crippen molar-refractivity contribution in [3.63, 3.8) is 0 Å². The fourth-order valence-electron chi connectivity index (χ4n) is 2.50. The Morgan fingerprint density at radius 3 is 2.61 bits per heavy atom. The first-order chi connectivity index (χ1) is 10.8. The Morgan fingerprint density at radius 2 is 2.04 bits per heavy atom. The third-order valence-electron chi connectivity index (χ3n) is 4.14. The highest BCUT2D eigenvalue weighted by Crippen LogP contribution is 2.21. The highest BCUT2D eigenvalue weighted by Gasteiger charge is 2.20. The van der Waals surface area contributed by atoms with Crippen LogP contribution in [0.3, 0.4) is 0 Å². The van der Waals surface area contributed by atoms with E-state index >= 15 is 0 Å². The zero-order valence-corrected chi connectivity index (χ0v) is 15.2. The molecule has 0 radical (unpaired) electrons. The van der Waals surface area contributed by atoms with Crippen LogP contribution in [0.15, 0.2) is 0 Å². The smallest absolute Gasteiger partial charge is 0.323 e. The molecule has 23 heavy (non-hydrogen) atoms. The van der Waals surface area contributed by atoms with E-state index in [2.05, 4.69) is 27.1 Å². The number of hydrogen-bond acceptors (Lipinski definition) is 6. The average Bonchev–Trinajstić information content (AvgIpc) is 2.79. The maximum absolute atomic E-state index is 12.2. The number of aliphatic hydroxyl groups is 1. The molecular weight excluding hydrogens is 314 g/mol. The van der Waals surface area contributed by atoms with Gasteiger partial charge < -0.3 is 14.9 Å². The molecule has 1 fully saturated rings. The van der Waals surface area contributed by atoms with Crippen LogP contribution in [0, 0.1) is 13.8 Å². The van der Waals surface area contributed by atoms with Gasteiger partial charge in [0.25, 0.3) is 0 Å². The standard InChI is InChI=1S/C15H27N5O2S/c1-11-12(2)23-14(16-11)17-15(22)19(4)9-13(21)10-20-7-5-18(3)6-8-20/h13,21H,5-10H2,1-4H3,(H,16,17,22). The van der Waals surface area contributed by atoms with E-state index in [1.165, 1.54) is 16.2 Å². The van der Waals surface area contributed by atoms with Crippen LogP contribution in [0.4, 0.5) is 9.93 Å². The Balaban J connectivity index is 1.76. The summed E-state index contributed by atoms with van der Waals surface area (Å²) in [5, 5.41) is 13.6. The van der Waals surface area contributed by atoms with Crippen LogP contribution >= 0.6 is 11.3 Å². The third kappa shape index (κ3) is 5.42. The van der Waals surface area contributed by atoms with Gasteiger partial charge in [-0.15, -0.1) is 11.3 Å². The summed E-state index contributed by atoms with van der Waals surface area (Å²) < 4.78 is 0. The maximum Gasteiger partial charge on any atom is 0.323 e. The highest BCUT2D eigenvalue weighted by molar-refractivity contribution is 7.15. The van der Waals surface area contributed by atoms with Crippen LogP contribution in [0.25, 0.3) is 0 Å². The van der Waals surface area contributed by atoms with Gasteiger partial charge in [-0.25, -0.2) is 9.78 Å². The molecule has 2 amide bonds. The molecule has 2 heterocycles. The van der Waals surface area contributed by atoms with E-state index in [0.29, 0.717) is 18.2 Å². The molecule has 2 N–H and O–H groups in total. The minimum absolute atomic E-state index is 0.240. The van der Waals surface area contributed by atoms with Crippen molar-refractivity contribution in [1.29, 1.82) is 0 Å². The predicted molar refractivity (Wildman–Crippen MR) is 93.2 cm³/mol. The number of rotatable bonds is 5. The normalized spacial score (nSPS) is 18.0. The Hall–Kier alpha value is -1.22. The van der Waals surface area contributed by atoms with Crippen LogP contribution < -0.4 is 5.32 Å². The molecule has 7 nitrogen and oxygen atoms in total. The molecule has 8 heteroatoms. The molecule has 0 spiro atoms. The molecule has 1 saturated heterocycles. The number of nitrogens with one attached hydrogen (secondary N) is 1. The molecule has 1 unspecified atom stereocenters. The van der Waals surface area contributed by atoms with Crippen LogP contribution in [0.2, 0.25) is 0 Å². The Bertz CT molecular complexity index is 508. The lowest BCUT2D eigenvalue weighted by molar-refractivity contribution is 0.0670. The lowest BCUT2D eigenvalue weighted by Crippen LogP contribution is -2.49. The first-order valence-corrected chi connectivity index (χ1v) is 8.72. The molecule has 1 atom stereocenters. The second-order valence-electron chi connectivity index (χ2n) is 6.23. The molecule has 0 aliphatic carbocycles. The summed E-state index contributed by atoms with van der Waals surface area (Å²) >= 11 is 1.46. The Morgan fingerprint density at radius 1 is 1.39 bits per heavy atom. The first kappa shape index (κ1) is 18.1. The van der Waals surface area contributed by atoms with Crippen LogP contribution in [-0.2, 0) is 0 Å². The second-order valence-corrected chi connectivity index (χ2v) is 7.43. The van der Waals surface area contributed by atoms with E-state index in [-0.39, 0.29) is 6.03 Å². The topological polar surface area (TPSA) is 71.9 Å². The zero-order valence-electron chi connectivity index (χ0n) is 14.4. The SMILES string of the molecule is Cc1nc(NC(=O)N(C)CC(O)CN2CCN(C)CC2)sc1C. The maximum atomic E-state index is 12.2. The number of carbonyl (C=O) groups is 1. The van der Waals surface area contributed by atoms with E-state index < -0.39 is 6.10 Å². The predicted octanol–water partition coefficient (Wildman–Crippen LogP) is 0.832. The van der Waals surface area contributed by atoms with Gasteiger partial charge in [-0.3, -0.25) is 10.2 Å². The first-order valence-electron chi connectivity index (χ1n) is 7.90. The van der Waals surface area contributed by atoms with E-state index in [4.69, 9.17) is 0 Å². The monoisotopic (exact) mass is 341 g/mol. The quantitative estimate of drug-likeness (QED) is 0.830. The minimum atomic E-state index is -0.547. The van der Waals surface area contributed by atoms with Crippen LogP contribution in [-0.4, -0.2) is 90.3 Å². The molecule has 130 valence electrons. The van der Waals surface area contributed by atoms with Gasteiger partial charge in [-0.05, 0) is 20.9 Å². The number of carbonyl (C=O) groups excluding carboxylic acids is 1. The summed E-state index contributed by atoms with van der Waals surface area (Å²) in [4.78, 5) is 23.6. The lowest BCUT2D eigenvalue weighted by Gasteiger charge is -2.34. The van der Waals surface area contributed by atoms with Crippen LogP contribution in [0.5, 0.6) is 0 Å². The second kappa shape index (κ2) is 8.05. The number of thiazole rings is 1. The average molecular weight is 341 g/mol. The number of likely N-dealkylation sites (N-methyl/N-ethyl adjacent to an activating group) is 2. The summed E-state index contributed by atoms with van der Waals surface area (Å²) in [5.41, 5.74) is 0.933. The van der Waals surface area contributed by atoms with E-state index in [1.807, 2.05) is 13.8 Å². The van der Waals surface area contributed by atoms with Gasteiger partial charge in [-0.1, -0.05) is 0 Å². The van der Waals surface area contributed by atoms with Crippen molar-refractivity contribution < 1.29 is 9.90 Å². The van der Waals surface area contributed by atoms with Crippen molar-refractivity contribution in [2.24, 2.45) is 0 Å². The Labute approximate surface area is 141 Å². The molecule has 1 aliphatic rings. The molecule has 0 saturated carbocycles. The summed E-state index contributed by atoms with van der Waals surface area (Å²) in [7, 11) is 3.80. The highest BCUT2D eigenvalue weighted by atomic mass is 32.1. The van der Waals surface area contributed by atoms with E-state index in [9.17, 15) is 9.90 Å². The van der Waals surface area contributed by atoms with Gasteiger partial charge in [0.2, 0.25) is 0 Å². The number of nitrogens with zero attached hydrogens (tertiary/aromatic N) is 4.